The van der Waals surface area contributed by atoms with Crippen molar-refractivity contribution in [2.45, 2.75) is 6.10 Å². The number of aliphatic hydroxyl groups excluding tert-OH is 1. The molecule has 2 nitrogen and oxygen atoms in total. The van der Waals surface area contributed by atoms with Gasteiger partial charge >= 0.3 is 0 Å². The lowest BCUT2D eigenvalue weighted by Gasteiger charge is -2.07. The van der Waals surface area contributed by atoms with Gasteiger partial charge in [-0.05, 0) is 22.3 Å². The van der Waals surface area contributed by atoms with E-state index in [4.69, 9.17) is 4.74 Å². The van der Waals surface area contributed by atoms with Crippen molar-refractivity contribution in [1.29, 1.82) is 0 Å². The van der Waals surface area contributed by atoms with Crippen LogP contribution in [-0.2, 0) is 0 Å². The quantitative estimate of drug-likeness (QED) is 0.863. The fourth-order valence-electron chi connectivity index (χ4n) is 0.838. The number of benzene rings is 1. The number of hydrogen-bond donors (Lipinski definition) is 1. The number of halogens is 1. The SMILES string of the molecule is OC(/C=C\I)COc1ccccc1. The van der Waals surface area contributed by atoms with E-state index >= 15 is 0 Å². The van der Waals surface area contributed by atoms with Crippen molar-refractivity contribution in [2.75, 3.05) is 6.61 Å². The smallest absolute Gasteiger partial charge is 0.119 e. The number of hydrogen-bond acceptors (Lipinski definition) is 2. The van der Waals surface area contributed by atoms with Crippen LogP contribution in [0.1, 0.15) is 0 Å². The van der Waals surface area contributed by atoms with Crippen LogP contribution in [0.25, 0.3) is 0 Å². The summed E-state index contributed by atoms with van der Waals surface area (Å²) in [6.45, 7) is 0.295. The van der Waals surface area contributed by atoms with Gasteiger partial charge in [0.15, 0.2) is 0 Å². The van der Waals surface area contributed by atoms with E-state index in [2.05, 4.69) is 22.6 Å². The second-order valence-corrected chi connectivity index (χ2v) is 3.23. The molecule has 0 aliphatic heterocycles. The molecule has 0 amide bonds. The van der Waals surface area contributed by atoms with Gasteiger partial charge in [-0.3, -0.25) is 0 Å². The molecule has 1 aromatic rings. The lowest BCUT2D eigenvalue weighted by atomic mass is 10.3. The molecule has 0 heterocycles. The van der Waals surface area contributed by atoms with Crippen LogP contribution in [0.2, 0.25) is 0 Å². The fourth-order valence-corrected chi connectivity index (χ4v) is 1.32. The van der Waals surface area contributed by atoms with E-state index in [9.17, 15) is 5.11 Å². The summed E-state index contributed by atoms with van der Waals surface area (Å²) < 4.78 is 7.09. The highest BCUT2D eigenvalue weighted by atomic mass is 127. The summed E-state index contributed by atoms with van der Waals surface area (Å²) in [5.74, 6) is 0.781. The highest BCUT2D eigenvalue weighted by molar-refractivity contribution is 14.1. The van der Waals surface area contributed by atoms with Crippen molar-refractivity contribution < 1.29 is 9.84 Å². The van der Waals surface area contributed by atoms with Gasteiger partial charge in [0.25, 0.3) is 0 Å². The Labute approximate surface area is 91.4 Å². The number of aliphatic hydroxyl groups is 1. The van der Waals surface area contributed by atoms with Gasteiger partial charge in [0.05, 0.1) is 0 Å². The summed E-state index contributed by atoms with van der Waals surface area (Å²) in [4.78, 5) is 0. The Bertz CT molecular complexity index is 259. The van der Waals surface area contributed by atoms with Crippen molar-refractivity contribution >= 4 is 22.6 Å². The first-order valence-electron chi connectivity index (χ1n) is 3.95. The van der Waals surface area contributed by atoms with Gasteiger partial charge in [-0.2, -0.15) is 0 Å². The molecule has 70 valence electrons. The molecule has 0 bridgehead atoms. The molecule has 13 heavy (non-hydrogen) atoms. The van der Waals surface area contributed by atoms with E-state index in [1.165, 1.54) is 0 Å². The Morgan fingerprint density at radius 1 is 1.38 bits per heavy atom. The summed E-state index contributed by atoms with van der Waals surface area (Å²) >= 11 is 2.06. The number of rotatable bonds is 4. The first-order chi connectivity index (χ1) is 6.33. The molecule has 0 spiro atoms. The van der Waals surface area contributed by atoms with Crippen molar-refractivity contribution in [3.05, 3.63) is 40.5 Å². The first kappa shape index (κ1) is 10.5. The zero-order valence-corrected chi connectivity index (χ0v) is 9.22. The molecule has 0 aliphatic rings. The molecule has 1 atom stereocenters. The van der Waals surface area contributed by atoms with Crippen molar-refractivity contribution in [2.24, 2.45) is 0 Å². The molecule has 1 unspecified atom stereocenters. The fraction of sp³-hybridized carbons (Fsp3) is 0.200. The third-order valence-electron chi connectivity index (χ3n) is 1.46. The minimum atomic E-state index is -0.530. The molecule has 0 saturated heterocycles. The van der Waals surface area contributed by atoms with Gasteiger partial charge in [0.2, 0.25) is 0 Å². The Morgan fingerprint density at radius 3 is 2.69 bits per heavy atom. The Kier molecular flexibility index (Phi) is 4.85. The van der Waals surface area contributed by atoms with Gasteiger partial charge in [-0.15, -0.1) is 0 Å². The second-order valence-electron chi connectivity index (χ2n) is 2.51. The Morgan fingerprint density at radius 2 is 2.08 bits per heavy atom. The van der Waals surface area contributed by atoms with Crippen LogP contribution in [0.3, 0.4) is 0 Å². The maximum absolute atomic E-state index is 9.29. The Balaban J connectivity index is 2.35. The standard InChI is InChI=1S/C10H11IO2/c11-7-6-9(12)8-13-10-4-2-1-3-5-10/h1-7,9,12H,8H2/b7-6-. The molecular formula is C10H11IO2. The van der Waals surface area contributed by atoms with E-state index in [1.807, 2.05) is 30.3 Å². The van der Waals surface area contributed by atoms with Crippen LogP contribution in [0.4, 0.5) is 0 Å². The third kappa shape index (κ3) is 4.28. The summed E-state index contributed by atoms with van der Waals surface area (Å²) in [5.41, 5.74) is 0. The van der Waals surface area contributed by atoms with Gasteiger partial charge < -0.3 is 9.84 Å². The van der Waals surface area contributed by atoms with Crippen LogP contribution in [-0.4, -0.2) is 17.8 Å². The molecule has 0 radical (unpaired) electrons. The summed E-state index contributed by atoms with van der Waals surface area (Å²) in [7, 11) is 0. The lowest BCUT2D eigenvalue weighted by Crippen LogP contribution is -2.14. The predicted octanol–water partition coefficient (Wildman–Crippen LogP) is 2.38. The monoisotopic (exact) mass is 290 g/mol. The highest BCUT2D eigenvalue weighted by Crippen LogP contribution is 2.08. The van der Waals surface area contributed by atoms with E-state index in [0.717, 1.165) is 5.75 Å². The van der Waals surface area contributed by atoms with Crippen molar-refractivity contribution in [1.82, 2.24) is 0 Å². The zero-order valence-electron chi connectivity index (χ0n) is 7.06. The van der Waals surface area contributed by atoms with Gasteiger partial charge in [0, 0.05) is 0 Å². The van der Waals surface area contributed by atoms with Crippen LogP contribution < -0.4 is 4.74 Å². The summed E-state index contributed by atoms with van der Waals surface area (Å²) in [5, 5.41) is 9.29. The summed E-state index contributed by atoms with van der Waals surface area (Å²) in [6.07, 6.45) is 1.15. The molecule has 1 aromatic carbocycles. The highest BCUT2D eigenvalue weighted by Gasteiger charge is 1.98. The minimum absolute atomic E-state index is 0.295. The van der Waals surface area contributed by atoms with E-state index in [-0.39, 0.29) is 0 Å². The second kappa shape index (κ2) is 5.99. The van der Waals surface area contributed by atoms with Gasteiger partial charge in [-0.25, -0.2) is 0 Å². The lowest BCUT2D eigenvalue weighted by molar-refractivity contribution is 0.144. The topological polar surface area (TPSA) is 29.5 Å². The first-order valence-corrected chi connectivity index (χ1v) is 5.20. The Hall–Kier alpha value is -0.550. The van der Waals surface area contributed by atoms with E-state index < -0.39 is 6.10 Å². The average molecular weight is 290 g/mol. The van der Waals surface area contributed by atoms with Crippen LogP contribution >= 0.6 is 22.6 Å². The molecule has 1 rings (SSSR count). The minimum Gasteiger partial charge on any atom is -0.491 e. The largest absolute Gasteiger partial charge is 0.491 e. The van der Waals surface area contributed by atoms with Crippen LogP contribution in [0, 0.1) is 0 Å². The predicted molar refractivity (Wildman–Crippen MR) is 61.1 cm³/mol. The van der Waals surface area contributed by atoms with Crippen molar-refractivity contribution in [3.8, 4) is 5.75 Å². The normalized spacial score (nSPS) is 13.1. The molecular weight excluding hydrogens is 279 g/mol. The van der Waals surface area contributed by atoms with Gasteiger partial charge in [0.1, 0.15) is 18.5 Å². The van der Waals surface area contributed by atoms with Crippen LogP contribution in [0.5, 0.6) is 5.75 Å². The van der Waals surface area contributed by atoms with E-state index in [1.54, 1.807) is 10.2 Å². The molecule has 1 N–H and O–H groups in total. The van der Waals surface area contributed by atoms with Gasteiger partial charge in [-0.1, -0.05) is 40.8 Å². The molecule has 3 heteroatoms. The molecule has 0 aromatic heterocycles. The maximum Gasteiger partial charge on any atom is 0.119 e. The summed E-state index contributed by atoms with van der Waals surface area (Å²) in [6, 6.07) is 9.45. The molecule has 0 aliphatic carbocycles. The van der Waals surface area contributed by atoms with Crippen LogP contribution in [0.15, 0.2) is 40.5 Å². The average Bonchev–Trinajstić information content (AvgIpc) is 2.17. The molecule has 0 fully saturated rings. The van der Waals surface area contributed by atoms with Crippen molar-refractivity contribution in [3.63, 3.8) is 0 Å². The number of ether oxygens (including phenoxy) is 1. The maximum atomic E-state index is 9.29. The zero-order chi connectivity index (χ0) is 9.52. The number of para-hydroxylation sites is 1. The third-order valence-corrected chi connectivity index (χ3v) is 1.87. The molecule has 0 saturated carbocycles. The van der Waals surface area contributed by atoms with E-state index in [0.29, 0.717) is 6.61 Å².